The molecule has 1 fully saturated rings. The van der Waals surface area contributed by atoms with Crippen molar-refractivity contribution in [2.75, 3.05) is 46.5 Å². The lowest BCUT2D eigenvalue weighted by Gasteiger charge is -2.27. The summed E-state index contributed by atoms with van der Waals surface area (Å²) in [5.74, 6) is 1.24. The highest BCUT2D eigenvalue weighted by Gasteiger charge is 2.12. The van der Waals surface area contributed by atoms with Crippen LogP contribution in [0.5, 0.6) is 5.75 Å². The third-order valence-electron chi connectivity index (χ3n) is 5.23. The van der Waals surface area contributed by atoms with Gasteiger partial charge >= 0.3 is 0 Å². The molecule has 0 saturated carbocycles. The summed E-state index contributed by atoms with van der Waals surface area (Å²) < 4.78 is 24.0. The molecule has 2 aromatic rings. The van der Waals surface area contributed by atoms with Gasteiger partial charge in [0.2, 0.25) is 0 Å². The zero-order valence-corrected chi connectivity index (χ0v) is 18.3. The summed E-state index contributed by atoms with van der Waals surface area (Å²) >= 11 is 0. The standard InChI is InChI=1S/C24H33FN4O2/c1-26-24(27-12-4-5-15-31-23-10-8-22(25)9-11-23)28-18-20-6-2-3-7-21(20)19-29-13-16-30-17-14-29/h2-3,6-11H,4-5,12-19H2,1H3,(H2,26,27,28). The second-order valence-corrected chi connectivity index (χ2v) is 7.52. The SMILES string of the molecule is CN=C(NCCCCOc1ccc(F)cc1)NCc1ccccc1CN1CCOCC1. The number of hydrogen-bond donors (Lipinski definition) is 2. The van der Waals surface area contributed by atoms with Crippen molar-refractivity contribution in [2.45, 2.75) is 25.9 Å². The molecular weight excluding hydrogens is 395 g/mol. The van der Waals surface area contributed by atoms with Crippen LogP contribution in [0, 0.1) is 5.82 Å². The van der Waals surface area contributed by atoms with Crippen LogP contribution >= 0.6 is 0 Å². The predicted molar refractivity (Wildman–Crippen MR) is 122 cm³/mol. The molecule has 1 heterocycles. The van der Waals surface area contributed by atoms with Crippen molar-refractivity contribution in [3.8, 4) is 5.75 Å². The van der Waals surface area contributed by atoms with Crippen LogP contribution in [0.1, 0.15) is 24.0 Å². The molecule has 2 aromatic carbocycles. The molecule has 1 saturated heterocycles. The Hall–Kier alpha value is -2.64. The number of morpholine rings is 1. The van der Waals surface area contributed by atoms with E-state index in [0.29, 0.717) is 12.4 Å². The molecule has 0 atom stereocenters. The zero-order chi connectivity index (χ0) is 21.7. The fourth-order valence-electron chi connectivity index (χ4n) is 3.44. The van der Waals surface area contributed by atoms with Gasteiger partial charge in [0.1, 0.15) is 11.6 Å². The average molecular weight is 429 g/mol. The monoisotopic (exact) mass is 428 g/mol. The Bertz CT molecular complexity index is 807. The number of rotatable bonds is 10. The van der Waals surface area contributed by atoms with Crippen LogP contribution < -0.4 is 15.4 Å². The van der Waals surface area contributed by atoms with Gasteiger partial charge in [-0.25, -0.2) is 4.39 Å². The summed E-state index contributed by atoms with van der Waals surface area (Å²) in [7, 11) is 1.78. The van der Waals surface area contributed by atoms with Crippen LogP contribution in [0.4, 0.5) is 4.39 Å². The largest absolute Gasteiger partial charge is 0.494 e. The van der Waals surface area contributed by atoms with Gasteiger partial charge in [0, 0.05) is 39.8 Å². The lowest BCUT2D eigenvalue weighted by Crippen LogP contribution is -2.38. The maximum Gasteiger partial charge on any atom is 0.191 e. The summed E-state index contributed by atoms with van der Waals surface area (Å²) in [5, 5.41) is 6.77. The van der Waals surface area contributed by atoms with Crippen LogP contribution in [-0.4, -0.2) is 57.4 Å². The fourth-order valence-corrected chi connectivity index (χ4v) is 3.44. The minimum absolute atomic E-state index is 0.251. The van der Waals surface area contributed by atoms with Crippen LogP contribution in [0.25, 0.3) is 0 Å². The van der Waals surface area contributed by atoms with Gasteiger partial charge in [0.05, 0.1) is 19.8 Å². The first-order valence-electron chi connectivity index (χ1n) is 10.9. The number of halogens is 1. The molecule has 7 heteroatoms. The van der Waals surface area contributed by atoms with E-state index in [1.807, 2.05) is 0 Å². The lowest BCUT2D eigenvalue weighted by atomic mass is 10.1. The Kier molecular flexibility index (Phi) is 9.60. The van der Waals surface area contributed by atoms with Gasteiger partial charge in [-0.1, -0.05) is 24.3 Å². The maximum absolute atomic E-state index is 12.9. The van der Waals surface area contributed by atoms with E-state index in [4.69, 9.17) is 9.47 Å². The van der Waals surface area contributed by atoms with Crippen molar-refractivity contribution in [1.29, 1.82) is 0 Å². The van der Waals surface area contributed by atoms with Crippen molar-refractivity contribution in [1.82, 2.24) is 15.5 Å². The van der Waals surface area contributed by atoms with Gasteiger partial charge in [-0.05, 0) is 48.2 Å². The minimum atomic E-state index is -0.251. The zero-order valence-electron chi connectivity index (χ0n) is 18.3. The first-order chi connectivity index (χ1) is 15.2. The number of nitrogens with zero attached hydrogens (tertiary/aromatic N) is 2. The number of guanidine groups is 1. The molecular formula is C24H33FN4O2. The Morgan fingerprint density at radius 1 is 1.03 bits per heavy atom. The predicted octanol–water partition coefficient (Wildman–Crippen LogP) is 3.18. The molecule has 1 aliphatic heterocycles. The second-order valence-electron chi connectivity index (χ2n) is 7.52. The van der Waals surface area contributed by atoms with E-state index < -0.39 is 0 Å². The highest BCUT2D eigenvalue weighted by atomic mass is 19.1. The van der Waals surface area contributed by atoms with Gasteiger partial charge < -0.3 is 20.1 Å². The van der Waals surface area contributed by atoms with Gasteiger partial charge in [-0.2, -0.15) is 0 Å². The van der Waals surface area contributed by atoms with Crippen LogP contribution in [0.2, 0.25) is 0 Å². The van der Waals surface area contributed by atoms with Crippen molar-refractivity contribution >= 4 is 5.96 Å². The fraction of sp³-hybridized carbons (Fsp3) is 0.458. The molecule has 2 N–H and O–H groups in total. The first-order valence-corrected chi connectivity index (χ1v) is 10.9. The molecule has 1 aliphatic rings. The summed E-state index contributed by atoms with van der Waals surface area (Å²) in [6.07, 6.45) is 1.86. The Morgan fingerprint density at radius 2 is 1.77 bits per heavy atom. The molecule has 0 radical (unpaired) electrons. The van der Waals surface area contributed by atoms with Gasteiger partial charge in [0.25, 0.3) is 0 Å². The molecule has 0 unspecified atom stereocenters. The number of nitrogens with one attached hydrogen (secondary N) is 2. The molecule has 0 aromatic heterocycles. The maximum atomic E-state index is 12.9. The molecule has 0 amide bonds. The molecule has 0 aliphatic carbocycles. The highest BCUT2D eigenvalue weighted by Crippen LogP contribution is 2.13. The molecule has 0 spiro atoms. The summed E-state index contributed by atoms with van der Waals surface area (Å²) in [4.78, 5) is 6.76. The number of ether oxygens (including phenoxy) is 2. The van der Waals surface area contributed by atoms with Gasteiger partial charge in [-0.3, -0.25) is 9.89 Å². The average Bonchev–Trinajstić information content (AvgIpc) is 2.81. The van der Waals surface area contributed by atoms with E-state index in [9.17, 15) is 4.39 Å². The Labute approximate surface area is 184 Å². The number of aliphatic imine (C=N–C) groups is 1. The third-order valence-corrected chi connectivity index (χ3v) is 5.23. The van der Waals surface area contributed by atoms with E-state index in [0.717, 1.165) is 64.7 Å². The number of hydrogen-bond acceptors (Lipinski definition) is 4. The van der Waals surface area contributed by atoms with Gasteiger partial charge in [-0.15, -0.1) is 0 Å². The molecule has 3 rings (SSSR count). The van der Waals surface area contributed by atoms with Crippen molar-refractivity contribution in [3.05, 3.63) is 65.5 Å². The quantitative estimate of drug-likeness (QED) is 0.346. The molecule has 0 bridgehead atoms. The lowest BCUT2D eigenvalue weighted by molar-refractivity contribution is 0.0341. The topological polar surface area (TPSA) is 58.1 Å². The van der Waals surface area contributed by atoms with E-state index in [-0.39, 0.29) is 5.82 Å². The van der Waals surface area contributed by atoms with Crippen molar-refractivity contribution in [2.24, 2.45) is 4.99 Å². The van der Waals surface area contributed by atoms with E-state index in [2.05, 4.69) is 44.8 Å². The normalized spacial score (nSPS) is 15.0. The van der Waals surface area contributed by atoms with E-state index >= 15 is 0 Å². The van der Waals surface area contributed by atoms with Crippen LogP contribution in [0.3, 0.4) is 0 Å². The Morgan fingerprint density at radius 3 is 2.52 bits per heavy atom. The number of benzene rings is 2. The molecule has 168 valence electrons. The van der Waals surface area contributed by atoms with E-state index in [1.165, 1.54) is 23.3 Å². The van der Waals surface area contributed by atoms with E-state index in [1.54, 1.807) is 19.2 Å². The van der Waals surface area contributed by atoms with Gasteiger partial charge in [0.15, 0.2) is 5.96 Å². The minimum Gasteiger partial charge on any atom is -0.494 e. The summed E-state index contributed by atoms with van der Waals surface area (Å²) in [6, 6.07) is 14.7. The summed E-state index contributed by atoms with van der Waals surface area (Å²) in [5.41, 5.74) is 2.62. The second kappa shape index (κ2) is 12.9. The van der Waals surface area contributed by atoms with Crippen LogP contribution in [0.15, 0.2) is 53.5 Å². The highest BCUT2D eigenvalue weighted by molar-refractivity contribution is 5.79. The summed E-state index contributed by atoms with van der Waals surface area (Å²) in [6.45, 7) is 6.68. The third kappa shape index (κ3) is 8.19. The van der Waals surface area contributed by atoms with Crippen molar-refractivity contribution in [3.63, 3.8) is 0 Å². The Balaban J connectivity index is 1.35. The first kappa shape index (κ1) is 23.0. The molecule has 31 heavy (non-hydrogen) atoms. The molecule has 6 nitrogen and oxygen atoms in total. The smallest absolute Gasteiger partial charge is 0.191 e. The van der Waals surface area contributed by atoms with Crippen LogP contribution in [-0.2, 0) is 17.8 Å². The van der Waals surface area contributed by atoms with Crippen molar-refractivity contribution < 1.29 is 13.9 Å². The number of unbranched alkanes of at least 4 members (excludes halogenated alkanes) is 1.